The van der Waals surface area contributed by atoms with E-state index in [0.717, 1.165) is 17.7 Å². The van der Waals surface area contributed by atoms with Gasteiger partial charge in [-0.3, -0.25) is 14.4 Å². The van der Waals surface area contributed by atoms with E-state index >= 15 is 0 Å². The number of carbonyl (C=O) groups is 3. The first-order valence-corrected chi connectivity index (χ1v) is 8.51. The third kappa shape index (κ3) is 6.15. The van der Waals surface area contributed by atoms with Gasteiger partial charge in [0.25, 0.3) is 11.8 Å². The van der Waals surface area contributed by atoms with E-state index in [-0.39, 0.29) is 5.56 Å². The van der Waals surface area contributed by atoms with E-state index in [1.54, 1.807) is 18.2 Å². The van der Waals surface area contributed by atoms with Crippen LogP contribution >= 0.6 is 0 Å². The monoisotopic (exact) mass is 390 g/mol. The molecule has 148 valence electrons. The summed E-state index contributed by atoms with van der Waals surface area (Å²) in [5, 5.41) is 4.84. The molecule has 2 aromatic carbocycles. The first kappa shape index (κ1) is 21.0. The van der Waals surface area contributed by atoms with Crippen molar-refractivity contribution in [2.45, 2.75) is 19.9 Å². The Kier molecular flexibility index (Phi) is 7.20. The zero-order chi connectivity index (χ0) is 20.7. The van der Waals surface area contributed by atoms with Crippen LogP contribution in [0.5, 0.6) is 0 Å². The second-order valence-corrected chi connectivity index (χ2v) is 6.17. The van der Waals surface area contributed by atoms with E-state index in [0.29, 0.717) is 5.56 Å². The van der Waals surface area contributed by atoms with E-state index in [2.05, 4.69) is 10.6 Å². The minimum atomic E-state index is -0.795. The maximum absolute atomic E-state index is 13.7. The van der Waals surface area contributed by atoms with Crippen molar-refractivity contribution in [2.75, 3.05) is 13.2 Å². The van der Waals surface area contributed by atoms with Crippen LogP contribution in [0.1, 0.15) is 34.5 Å². The molecule has 0 aliphatic rings. The van der Waals surface area contributed by atoms with Crippen molar-refractivity contribution < 1.29 is 27.9 Å². The van der Waals surface area contributed by atoms with Gasteiger partial charge in [0.15, 0.2) is 6.61 Å². The van der Waals surface area contributed by atoms with Crippen LogP contribution in [-0.4, -0.2) is 30.9 Å². The molecule has 0 aromatic heterocycles. The number of hydrogen-bond acceptors (Lipinski definition) is 4. The summed E-state index contributed by atoms with van der Waals surface area (Å²) in [6.07, 6.45) is 0. The van der Waals surface area contributed by atoms with Crippen LogP contribution in [0.4, 0.5) is 8.78 Å². The lowest BCUT2D eigenvalue weighted by atomic mass is 10.1. The molecular weight excluding hydrogens is 370 g/mol. The predicted octanol–water partition coefficient (Wildman–Crippen LogP) is 2.42. The summed E-state index contributed by atoms with van der Waals surface area (Å²) < 4.78 is 31.4. The normalized spacial score (nSPS) is 11.4. The van der Waals surface area contributed by atoms with Gasteiger partial charge in [0.2, 0.25) is 0 Å². The summed E-state index contributed by atoms with van der Waals surface area (Å²) in [5.41, 5.74) is 1.41. The molecule has 2 N–H and O–H groups in total. The average molecular weight is 390 g/mol. The summed E-state index contributed by atoms with van der Waals surface area (Å²) in [7, 11) is 0. The van der Waals surface area contributed by atoms with Crippen molar-refractivity contribution in [1.82, 2.24) is 10.6 Å². The molecule has 0 radical (unpaired) electrons. The summed E-state index contributed by atoms with van der Waals surface area (Å²) in [5.74, 6) is -3.40. The molecule has 0 aliphatic carbocycles. The molecule has 6 nitrogen and oxygen atoms in total. The van der Waals surface area contributed by atoms with Crippen LogP contribution in [0.2, 0.25) is 0 Å². The fourth-order valence-electron chi connectivity index (χ4n) is 2.45. The molecule has 8 heteroatoms. The quantitative estimate of drug-likeness (QED) is 0.711. The Balaban J connectivity index is 1.76. The smallest absolute Gasteiger partial charge is 0.325 e. The number of hydrogen-bond donors (Lipinski definition) is 2. The van der Waals surface area contributed by atoms with E-state index in [4.69, 9.17) is 4.74 Å². The topological polar surface area (TPSA) is 84.5 Å². The molecular formula is C20H20F2N2O4. The molecule has 0 fully saturated rings. The number of amides is 2. The number of aryl methyl sites for hydroxylation is 1. The molecule has 0 bridgehead atoms. The number of ether oxygens (including phenoxy) is 1. The lowest BCUT2D eigenvalue weighted by Crippen LogP contribution is -2.35. The molecule has 1 atom stereocenters. The molecule has 2 aromatic rings. The van der Waals surface area contributed by atoms with Crippen molar-refractivity contribution in [3.63, 3.8) is 0 Å². The number of carbonyl (C=O) groups excluding carboxylic acids is 3. The van der Waals surface area contributed by atoms with E-state index < -0.39 is 48.6 Å². The van der Waals surface area contributed by atoms with Gasteiger partial charge in [-0.05, 0) is 32.0 Å². The number of halogens is 2. The Morgan fingerprint density at radius 2 is 1.86 bits per heavy atom. The molecule has 0 saturated heterocycles. The average Bonchev–Trinajstić information content (AvgIpc) is 2.64. The molecule has 0 unspecified atom stereocenters. The van der Waals surface area contributed by atoms with E-state index in [1.807, 2.05) is 13.0 Å². The van der Waals surface area contributed by atoms with Crippen molar-refractivity contribution in [2.24, 2.45) is 0 Å². The number of benzene rings is 2. The third-order valence-electron chi connectivity index (χ3n) is 3.84. The first-order valence-electron chi connectivity index (χ1n) is 8.51. The number of esters is 1. The van der Waals surface area contributed by atoms with Crippen LogP contribution < -0.4 is 10.6 Å². The Labute approximate surface area is 160 Å². The Morgan fingerprint density at radius 1 is 1.11 bits per heavy atom. The minimum absolute atomic E-state index is 0.103. The van der Waals surface area contributed by atoms with Gasteiger partial charge in [-0.1, -0.05) is 23.8 Å². The first-order chi connectivity index (χ1) is 13.3. The molecule has 28 heavy (non-hydrogen) atoms. The van der Waals surface area contributed by atoms with Gasteiger partial charge in [-0.2, -0.15) is 0 Å². The van der Waals surface area contributed by atoms with Crippen LogP contribution in [0.3, 0.4) is 0 Å². The fraction of sp³-hybridized carbons (Fsp3) is 0.250. The molecule has 0 spiro atoms. The highest BCUT2D eigenvalue weighted by Crippen LogP contribution is 2.17. The molecule has 0 heterocycles. The summed E-state index contributed by atoms with van der Waals surface area (Å²) in [6.45, 7) is 2.36. The van der Waals surface area contributed by atoms with Crippen LogP contribution in [0.25, 0.3) is 0 Å². The summed E-state index contributed by atoms with van der Waals surface area (Å²) in [6, 6.07) is 9.12. The van der Waals surface area contributed by atoms with Crippen LogP contribution in [0, 0.1) is 18.6 Å². The van der Waals surface area contributed by atoms with Gasteiger partial charge < -0.3 is 15.4 Å². The van der Waals surface area contributed by atoms with Crippen molar-refractivity contribution in [3.05, 3.63) is 70.8 Å². The fourth-order valence-corrected chi connectivity index (χ4v) is 2.45. The maximum Gasteiger partial charge on any atom is 0.325 e. The van der Waals surface area contributed by atoms with Crippen molar-refractivity contribution in [1.29, 1.82) is 0 Å². The van der Waals surface area contributed by atoms with Gasteiger partial charge in [0.1, 0.15) is 18.2 Å². The summed E-state index contributed by atoms with van der Waals surface area (Å²) in [4.78, 5) is 35.5. The molecule has 2 rings (SSSR count). The van der Waals surface area contributed by atoms with E-state index in [1.165, 1.54) is 13.0 Å². The molecule has 2 amide bonds. The standard InChI is InChI=1S/C20H20F2N2O4/c1-12-4-3-5-14(8-12)20(27)23-10-19(26)28-11-18(25)24-13(2)16-7-6-15(21)9-17(16)22/h3-9,13H,10-11H2,1-2H3,(H,23,27)(H,24,25)/t13-/m0/s1. The van der Waals surface area contributed by atoms with Gasteiger partial charge >= 0.3 is 5.97 Å². The highest BCUT2D eigenvalue weighted by Gasteiger charge is 2.16. The van der Waals surface area contributed by atoms with E-state index in [9.17, 15) is 23.2 Å². The molecule has 0 aliphatic heterocycles. The van der Waals surface area contributed by atoms with Gasteiger partial charge in [0.05, 0.1) is 6.04 Å². The van der Waals surface area contributed by atoms with Gasteiger partial charge in [-0.15, -0.1) is 0 Å². The predicted molar refractivity (Wildman–Crippen MR) is 97.4 cm³/mol. The largest absolute Gasteiger partial charge is 0.454 e. The lowest BCUT2D eigenvalue weighted by molar-refractivity contribution is -0.147. The van der Waals surface area contributed by atoms with Crippen molar-refractivity contribution >= 4 is 17.8 Å². The highest BCUT2D eigenvalue weighted by atomic mass is 19.1. The van der Waals surface area contributed by atoms with Crippen molar-refractivity contribution in [3.8, 4) is 0 Å². The number of nitrogens with one attached hydrogen (secondary N) is 2. The van der Waals surface area contributed by atoms with Gasteiger partial charge in [-0.25, -0.2) is 8.78 Å². The minimum Gasteiger partial charge on any atom is -0.454 e. The Hall–Kier alpha value is -3.29. The second kappa shape index (κ2) is 9.59. The zero-order valence-corrected chi connectivity index (χ0v) is 15.4. The second-order valence-electron chi connectivity index (χ2n) is 6.17. The third-order valence-corrected chi connectivity index (χ3v) is 3.84. The SMILES string of the molecule is Cc1cccc(C(=O)NCC(=O)OCC(=O)N[C@@H](C)c2ccc(F)cc2F)c1. The zero-order valence-electron chi connectivity index (χ0n) is 15.4. The highest BCUT2D eigenvalue weighted by molar-refractivity contribution is 5.96. The lowest BCUT2D eigenvalue weighted by Gasteiger charge is -2.15. The van der Waals surface area contributed by atoms with Crippen LogP contribution in [-0.2, 0) is 14.3 Å². The Morgan fingerprint density at radius 3 is 2.54 bits per heavy atom. The molecule has 0 saturated carbocycles. The van der Waals surface area contributed by atoms with Gasteiger partial charge in [0, 0.05) is 17.2 Å². The maximum atomic E-state index is 13.7. The Bertz CT molecular complexity index is 886. The number of rotatable bonds is 7. The van der Waals surface area contributed by atoms with Crippen LogP contribution in [0.15, 0.2) is 42.5 Å². The summed E-state index contributed by atoms with van der Waals surface area (Å²) >= 11 is 0.